The van der Waals surface area contributed by atoms with Gasteiger partial charge in [0.1, 0.15) is 18.0 Å². The molecule has 1 atom stereocenters. The highest BCUT2D eigenvalue weighted by Crippen LogP contribution is 2.16. The molecule has 0 aliphatic carbocycles. The molecule has 0 fully saturated rings. The first-order valence-electron chi connectivity index (χ1n) is 20.2. The van der Waals surface area contributed by atoms with E-state index in [0.29, 0.717) is 12.8 Å². The number of ketones is 2. The Morgan fingerprint density at radius 2 is 0.896 bits per heavy atom. The third-order valence-electron chi connectivity index (χ3n) is 9.19. The van der Waals surface area contributed by atoms with Gasteiger partial charge in [-0.25, -0.2) is 0 Å². The topological polar surface area (TPSA) is 101 Å². The smallest absolute Gasteiger partial charge is 0.312 e. The maximum Gasteiger partial charge on any atom is 0.312 e. The fourth-order valence-corrected chi connectivity index (χ4v) is 6.08. The largest absolute Gasteiger partial charge is 0.481 e. The van der Waals surface area contributed by atoms with Crippen molar-refractivity contribution < 1.29 is 24.3 Å². The van der Waals surface area contributed by atoms with Gasteiger partial charge in [0.25, 0.3) is 0 Å². The quantitative estimate of drug-likeness (QED) is 0.0388. The van der Waals surface area contributed by atoms with Crippen molar-refractivity contribution in [1.29, 1.82) is 0 Å². The van der Waals surface area contributed by atoms with Gasteiger partial charge in [-0.15, -0.1) is 0 Å². The number of hydrogen-bond donors (Lipinski definition) is 2. The molecule has 0 bridgehead atoms. The van der Waals surface area contributed by atoms with Gasteiger partial charge in [0.2, 0.25) is 5.91 Å². The molecule has 0 aromatic carbocycles. The van der Waals surface area contributed by atoms with E-state index in [1.165, 1.54) is 109 Å². The van der Waals surface area contributed by atoms with Gasteiger partial charge < -0.3 is 10.4 Å². The summed E-state index contributed by atoms with van der Waals surface area (Å²) >= 11 is 0. The average Bonchev–Trinajstić information content (AvgIpc) is 3.06. The Labute approximate surface area is 295 Å². The Kier molecular flexibility index (Phi) is 34.4. The minimum Gasteiger partial charge on any atom is -0.481 e. The van der Waals surface area contributed by atoms with Crippen molar-refractivity contribution in [3.8, 4) is 0 Å². The molecule has 0 saturated carbocycles. The van der Waals surface area contributed by atoms with Crippen LogP contribution >= 0.6 is 0 Å². The normalized spacial score (nSPS) is 12.2. The van der Waals surface area contributed by atoms with Crippen LogP contribution in [0.4, 0.5) is 0 Å². The SMILES string of the molecule is CCCCCCCC/C=C\CCCCCCCC(=O)CC(CNC(=O)CC(=O)O)C(=O)CCCCCCC/C=C\CCCCCCCC. The third-order valence-corrected chi connectivity index (χ3v) is 9.19. The van der Waals surface area contributed by atoms with Crippen LogP contribution in [0.2, 0.25) is 0 Å². The molecule has 6 nitrogen and oxygen atoms in total. The Hall–Kier alpha value is -2.24. The van der Waals surface area contributed by atoms with E-state index < -0.39 is 24.2 Å². The van der Waals surface area contributed by atoms with Gasteiger partial charge in [0.15, 0.2) is 0 Å². The lowest BCUT2D eigenvalue weighted by Gasteiger charge is -2.16. The van der Waals surface area contributed by atoms with E-state index in [1.54, 1.807) is 0 Å². The summed E-state index contributed by atoms with van der Waals surface area (Å²) in [7, 11) is 0. The monoisotopic (exact) mass is 674 g/mol. The summed E-state index contributed by atoms with van der Waals surface area (Å²) in [6.07, 6.45) is 40.8. The van der Waals surface area contributed by atoms with E-state index in [1.807, 2.05) is 0 Å². The number of carbonyl (C=O) groups is 4. The molecule has 0 spiro atoms. The number of Topliss-reactive ketones (excluding diaryl/α,β-unsaturated/α-hetero) is 2. The molecule has 1 amide bonds. The van der Waals surface area contributed by atoms with Gasteiger partial charge in [-0.2, -0.15) is 0 Å². The summed E-state index contributed by atoms with van der Waals surface area (Å²) in [5, 5.41) is 11.5. The summed E-state index contributed by atoms with van der Waals surface area (Å²) in [5.41, 5.74) is 0. The first-order chi connectivity index (χ1) is 23.4. The van der Waals surface area contributed by atoms with Crippen molar-refractivity contribution in [2.45, 2.75) is 206 Å². The molecule has 0 aliphatic rings. The highest BCUT2D eigenvalue weighted by Gasteiger charge is 2.22. The van der Waals surface area contributed by atoms with E-state index in [0.717, 1.165) is 57.8 Å². The molecule has 2 N–H and O–H groups in total. The highest BCUT2D eigenvalue weighted by molar-refractivity contribution is 5.94. The number of aliphatic carboxylic acids is 1. The van der Waals surface area contributed by atoms with E-state index in [4.69, 9.17) is 5.11 Å². The summed E-state index contributed by atoms with van der Waals surface area (Å²) in [6, 6.07) is 0. The maximum atomic E-state index is 13.0. The van der Waals surface area contributed by atoms with E-state index in [-0.39, 0.29) is 24.5 Å². The molecule has 1 unspecified atom stereocenters. The lowest BCUT2D eigenvalue weighted by Crippen LogP contribution is -2.35. The van der Waals surface area contributed by atoms with Crippen molar-refractivity contribution in [3.05, 3.63) is 24.3 Å². The zero-order valence-electron chi connectivity index (χ0n) is 31.4. The van der Waals surface area contributed by atoms with E-state index in [9.17, 15) is 19.2 Å². The number of carbonyl (C=O) groups excluding carboxylic acids is 3. The number of amides is 1. The van der Waals surface area contributed by atoms with Gasteiger partial charge >= 0.3 is 5.97 Å². The molecule has 0 aromatic rings. The summed E-state index contributed by atoms with van der Waals surface area (Å²) < 4.78 is 0. The van der Waals surface area contributed by atoms with Gasteiger partial charge in [0, 0.05) is 31.7 Å². The van der Waals surface area contributed by atoms with Crippen LogP contribution in [0.3, 0.4) is 0 Å². The number of hydrogen-bond acceptors (Lipinski definition) is 4. The second kappa shape index (κ2) is 36.1. The minimum absolute atomic E-state index is 0.00107. The summed E-state index contributed by atoms with van der Waals surface area (Å²) in [6.45, 7) is 4.54. The molecule has 48 heavy (non-hydrogen) atoms. The number of nitrogens with one attached hydrogen (secondary N) is 1. The maximum absolute atomic E-state index is 13.0. The molecule has 0 heterocycles. The van der Waals surface area contributed by atoms with E-state index >= 15 is 0 Å². The second-order valence-electron chi connectivity index (χ2n) is 13.9. The molecule has 0 aliphatic heterocycles. The zero-order chi connectivity index (χ0) is 35.3. The molecule has 6 heteroatoms. The Bertz CT molecular complexity index is 849. The lowest BCUT2D eigenvalue weighted by atomic mass is 9.92. The average molecular weight is 674 g/mol. The number of rotatable bonds is 37. The first kappa shape index (κ1) is 45.8. The Morgan fingerprint density at radius 3 is 1.31 bits per heavy atom. The number of carboxylic acid groups (broad SMARTS) is 1. The van der Waals surface area contributed by atoms with Crippen molar-refractivity contribution >= 4 is 23.4 Å². The van der Waals surface area contributed by atoms with Crippen LogP contribution in [0.5, 0.6) is 0 Å². The van der Waals surface area contributed by atoms with Gasteiger partial charge in [-0.1, -0.05) is 141 Å². The van der Waals surface area contributed by atoms with Gasteiger partial charge in [-0.05, 0) is 64.2 Å². The van der Waals surface area contributed by atoms with Crippen molar-refractivity contribution in [1.82, 2.24) is 5.32 Å². The summed E-state index contributed by atoms with van der Waals surface area (Å²) in [5.74, 6) is -2.34. The zero-order valence-corrected chi connectivity index (χ0v) is 31.4. The van der Waals surface area contributed by atoms with Gasteiger partial charge in [0.05, 0.1) is 0 Å². The molecule has 0 saturated heterocycles. The van der Waals surface area contributed by atoms with Crippen LogP contribution in [-0.2, 0) is 19.2 Å². The van der Waals surface area contributed by atoms with Crippen LogP contribution < -0.4 is 5.32 Å². The molecular weight excluding hydrogens is 598 g/mol. The predicted molar refractivity (Wildman–Crippen MR) is 202 cm³/mol. The molecule has 0 rings (SSSR count). The predicted octanol–water partition coefficient (Wildman–Crippen LogP) is 11.8. The van der Waals surface area contributed by atoms with Crippen LogP contribution in [0.25, 0.3) is 0 Å². The van der Waals surface area contributed by atoms with Crippen molar-refractivity contribution in [3.63, 3.8) is 0 Å². The third kappa shape index (κ3) is 33.7. The molecule has 278 valence electrons. The minimum atomic E-state index is -1.20. The molecule has 0 radical (unpaired) electrons. The van der Waals surface area contributed by atoms with Crippen molar-refractivity contribution in [2.75, 3.05) is 6.54 Å². The van der Waals surface area contributed by atoms with Crippen LogP contribution in [-0.4, -0.2) is 35.1 Å². The fourth-order valence-electron chi connectivity index (χ4n) is 6.08. The summed E-state index contributed by atoms with van der Waals surface area (Å²) in [4.78, 5) is 48.6. The van der Waals surface area contributed by atoms with E-state index in [2.05, 4.69) is 43.5 Å². The van der Waals surface area contributed by atoms with Crippen LogP contribution in [0.1, 0.15) is 206 Å². The van der Waals surface area contributed by atoms with Crippen LogP contribution in [0, 0.1) is 5.92 Å². The number of carboxylic acids is 1. The standard InChI is InChI=1S/C42H75NO5/c1-3-5-7-9-11-13-15-17-19-21-23-25-27-29-31-33-39(44)35-38(37-43-41(46)36-42(47)48)40(45)34-32-30-28-26-24-22-20-18-16-14-12-10-8-6-4-2/h17-20,38H,3-16,21-37H2,1-2H3,(H,43,46)(H,47,48)/b19-17-,20-18-. The first-order valence-corrected chi connectivity index (χ1v) is 20.2. The number of unbranched alkanes of at least 4 members (excludes halogenated alkanes) is 22. The number of allylic oxidation sites excluding steroid dienone is 4. The second-order valence-corrected chi connectivity index (χ2v) is 13.9. The van der Waals surface area contributed by atoms with Crippen molar-refractivity contribution in [2.24, 2.45) is 5.92 Å². The Morgan fingerprint density at radius 1 is 0.521 bits per heavy atom. The highest BCUT2D eigenvalue weighted by atomic mass is 16.4. The Balaban J connectivity index is 4.16. The molecular formula is C42H75NO5. The van der Waals surface area contributed by atoms with Gasteiger partial charge in [-0.3, -0.25) is 19.2 Å². The fraction of sp³-hybridized carbons (Fsp3) is 0.810. The lowest BCUT2D eigenvalue weighted by molar-refractivity contribution is -0.140. The molecule has 0 aromatic heterocycles. The van der Waals surface area contributed by atoms with Crippen LogP contribution in [0.15, 0.2) is 24.3 Å².